The number of methoxy groups -OCH3 is 1. The average molecular weight is 490 g/mol. The lowest BCUT2D eigenvalue weighted by molar-refractivity contribution is 0.0594. The van der Waals surface area contributed by atoms with E-state index < -0.39 is 0 Å². The van der Waals surface area contributed by atoms with Crippen molar-refractivity contribution in [1.29, 1.82) is 0 Å². The molecule has 0 aliphatic rings. The molecule has 1 rings (SSSR count). The Kier molecular flexibility index (Phi) is 9.77. The first-order valence-electron chi connectivity index (χ1n) is 5.96. The summed E-state index contributed by atoms with van der Waals surface area (Å²) in [6, 6.07) is 5.39. The number of rotatable bonds is 3. The topological polar surface area (TPSA) is 35.5 Å². The van der Waals surface area contributed by atoms with Gasteiger partial charge >= 0.3 is 5.97 Å². The van der Waals surface area contributed by atoms with E-state index >= 15 is 0 Å². The molecule has 0 aliphatic heterocycles. The molecule has 5 heteroatoms. The van der Waals surface area contributed by atoms with Gasteiger partial charge in [-0.3, -0.25) is 0 Å². The Bertz CT molecular complexity index is 401. The molecule has 0 atom stereocenters. The molecule has 1 aromatic rings. The lowest BCUT2D eigenvalue weighted by atomic mass is 10.2. The summed E-state index contributed by atoms with van der Waals surface area (Å²) in [7, 11) is 1.36. The summed E-state index contributed by atoms with van der Waals surface area (Å²) < 4.78 is 12.0. The predicted molar refractivity (Wildman–Crippen MR) is 95.4 cm³/mol. The molecule has 108 valence electrons. The van der Waals surface area contributed by atoms with Crippen molar-refractivity contribution in [3.63, 3.8) is 0 Å². The predicted octanol–water partition coefficient (Wildman–Crippen LogP) is 4.69. The van der Waals surface area contributed by atoms with Gasteiger partial charge in [0.2, 0.25) is 0 Å². The number of ether oxygens (including phenoxy) is 2. The van der Waals surface area contributed by atoms with Crippen LogP contribution in [0, 0.1) is 3.57 Å². The van der Waals surface area contributed by atoms with Gasteiger partial charge in [-0.05, 0) is 54.6 Å². The molecule has 0 amide bonds. The van der Waals surface area contributed by atoms with Gasteiger partial charge < -0.3 is 9.47 Å². The van der Waals surface area contributed by atoms with E-state index in [1.165, 1.54) is 7.11 Å². The Labute approximate surface area is 142 Å². The Hall–Kier alpha value is -0.0500. The van der Waals surface area contributed by atoms with Crippen molar-refractivity contribution in [2.45, 2.75) is 37.7 Å². The molecule has 1 aromatic carbocycles. The first-order chi connectivity index (χ1) is 8.77. The minimum atomic E-state index is -0.373. The maximum atomic E-state index is 11.4. The Morgan fingerprint density at radius 3 is 2.16 bits per heavy atom. The molecule has 3 nitrogen and oxygen atoms in total. The van der Waals surface area contributed by atoms with Crippen LogP contribution in [0.1, 0.15) is 38.1 Å². The van der Waals surface area contributed by atoms with Gasteiger partial charge in [-0.1, -0.05) is 36.4 Å². The Morgan fingerprint density at radius 2 is 1.74 bits per heavy atom. The molecule has 0 aliphatic carbocycles. The third-order valence-electron chi connectivity index (χ3n) is 1.71. The highest BCUT2D eigenvalue weighted by atomic mass is 127. The molecular weight excluding hydrogens is 470 g/mol. The van der Waals surface area contributed by atoms with Crippen LogP contribution in [0.2, 0.25) is 0 Å². The van der Waals surface area contributed by atoms with Gasteiger partial charge in [0.25, 0.3) is 0 Å². The molecule has 0 N–H and O–H groups in total. The van der Waals surface area contributed by atoms with E-state index in [2.05, 4.69) is 63.8 Å². The summed E-state index contributed by atoms with van der Waals surface area (Å²) in [5.74, 6) is 0.200. The highest BCUT2D eigenvalue weighted by molar-refractivity contribution is 14.1. The summed E-state index contributed by atoms with van der Waals surface area (Å²) in [6.07, 6.45) is 0.0339. The van der Waals surface area contributed by atoms with Crippen molar-refractivity contribution in [2.75, 3.05) is 7.11 Å². The fraction of sp³-hybridized carbons (Fsp3) is 0.500. The van der Waals surface area contributed by atoms with Crippen LogP contribution in [-0.2, 0) is 4.74 Å². The molecule has 0 unspecified atom stereocenters. The molecule has 0 heterocycles. The quantitative estimate of drug-likeness (QED) is 0.351. The van der Waals surface area contributed by atoms with Crippen LogP contribution < -0.4 is 4.74 Å². The van der Waals surface area contributed by atoms with Crippen LogP contribution in [0.4, 0.5) is 0 Å². The highest BCUT2D eigenvalue weighted by Gasteiger charge is 2.14. The second kappa shape index (κ2) is 9.79. The van der Waals surface area contributed by atoms with E-state index in [4.69, 9.17) is 4.74 Å². The summed E-state index contributed by atoms with van der Waals surface area (Å²) in [5.41, 5.74) is 0.464. The lowest BCUT2D eigenvalue weighted by Gasteiger charge is -2.13. The fourth-order valence-corrected chi connectivity index (χ4v) is 1.59. The number of carbonyl (C=O) groups is 1. The summed E-state index contributed by atoms with van der Waals surface area (Å²) >= 11 is 4.52. The third kappa shape index (κ3) is 8.67. The maximum Gasteiger partial charge on any atom is 0.341 e. The molecular formula is C14H20I2O3. The van der Waals surface area contributed by atoms with Crippen molar-refractivity contribution in [1.82, 2.24) is 0 Å². The molecule has 0 fully saturated rings. The fourth-order valence-electron chi connectivity index (χ4n) is 1.13. The van der Waals surface area contributed by atoms with Crippen molar-refractivity contribution in [3.05, 3.63) is 27.3 Å². The van der Waals surface area contributed by atoms with Crippen LogP contribution >= 0.6 is 45.2 Å². The maximum absolute atomic E-state index is 11.4. The zero-order valence-electron chi connectivity index (χ0n) is 11.9. The van der Waals surface area contributed by atoms with Gasteiger partial charge in [0, 0.05) is 7.49 Å². The van der Waals surface area contributed by atoms with E-state index in [-0.39, 0.29) is 12.1 Å². The molecule has 19 heavy (non-hydrogen) atoms. The van der Waals surface area contributed by atoms with Crippen molar-refractivity contribution in [2.24, 2.45) is 0 Å². The minimum Gasteiger partial charge on any atom is -0.490 e. The van der Waals surface area contributed by atoms with Crippen molar-refractivity contribution in [3.8, 4) is 5.75 Å². The number of alkyl halides is 1. The van der Waals surface area contributed by atoms with Gasteiger partial charge in [0.05, 0.1) is 13.2 Å². The normalized spacial score (nSPS) is 9.95. The molecule has 0 saturated heterocycles. The number of hydrogen-bond donors (Lipinski definition) is 0. The highest BCUT2D eigenvalue weighted by Crippen LogP contribution is 2.23. The largest absolute Gasteiger partial charge is 0.490 e. The monoisotopic (exact) mass is 490 g/mol. The van der Waals surface area contributed by atoms with E-state index in [0.29, 0.717) is 11.3 Å². The van der Waals surface area contributed by atoms with Crippen LogP contribution in [0.25, 0.3) is 0 Å². The SMILES string of the molecule is CC(C)I.COC(=O)c1ccc(I)cc1OC(C)C. The van der Waals surface area contributed by atoms with Crippen molar-refractivity contribution >= 4 is 51.2 Å². The van der Waals surface area contributed by atoms with Gasteiger partial charge in [-0.2, -0.15) is 0 Å². The second-order valence-corrected chi connectivity index (χ2v) is 8.05. The Balaban J connectivity index is 0.000000711. The third-order valence-corrected chi connectivity index (χ3v) is 2.38. The van der Waals surface area contributed by atoms with Gasteiger partial charge in [-0.15, -0.1) is 0 Å². The van der Waals surface area contributed by atoms with Crippen LogP contribution in [-0.4, -0.2) is 23.1 Å². The minimum absolute atomic E-state index is 0.0339. The van der Waals surface area contributed by atoms with E-state index in [0.717, 1.165) is 7.49 Å². The van der Waals surface area contributed by atoms with Crippen LogP contribution in [0.5, 0.6) is 5.75 Å². The van der Waals surface area contributed by atoms with E-state index in [1.54, 1.807) is 6.07 Å². The number of halogens is 2. The van der Waals surface area contributed by atoms with Crippen LogP contribution in [0.15, 0.2) is 18.2 Å². The molecule has 0 radical (unpaired) electrons. The zero-order valence-corrected chi connectivity index (χ0v) is 16.2. The van der Waals surface area contributed by atoms with Crippen LogP contribution in [0.3, 0.4) is 0 Å². The molecule has 0 spiro atoms. The Morgan fingerprint density at radius 1 is 1.21 bits per heavy atom. The van der Waals surface area contributed by atoms with Crippen molar-refractivity contribution < 1.29 is 14.3 Å². The number of esters is 1. The molecule has 0 aromatic heterocycles. The smallest absolute Gasteiger partial charge is 0.341 e. The summed E-state index contributed by atoms with van der Waals surface area (Å²) in [6.45, 7) is 8.14. The molecule has 0 saturated carbocycles. The number of carbonyl (C=O) groups excluding carboxylic acids is 1. The van der Waals surface area contributed by atoms with Gasteiger partial charge in [-0.25, -0.2) is 4.79 Å². The lowest BCUT2D eigenvalue weighted by Crippen LogP contribution is -2.11. The number of benzene rings is 1. The van der Waals surface area contributed by atoms with Gasteiger partial charge in [0.1, 0.15) is 11.3 Å². The summed E-state index contributed by atoms with van der Waals surface area (Å²) in [5, 5.41) is 0. The first-order valence-corrected chi connectivity index (χ1v) is 8.29. The average Bonchev–Trinajstić information content (AvgIpc) is 2.26. The summed E-state index contributed by atoms with van der Waals surface area (Å²) in [4.78, 5) is 11.4. The van der Waals surface area contributed by atoms with E-state index in [1.807, 2.05) is 26.0 Å². The standard InChI is InChI=1S/C11H13IO3.C3H7I/c1-7(2)15-10-6-8(12)4-5-9(10)11(13)14-3;1-3(2)4/h4-7H,1-3H3;3H,1-2H3. The zero-order chi connectivity index (χ0) is 15.0. The van der Waals surface area contributed by atoms with E-state index in [9.17, 15) is 4.79 Å². The first kappa shape index (κ1) is 18.9. The van der Waals surface area contributed by atoms with Gasteiger partial charge in [0.15, 0.2) is 0 Å². The second-order valence-electron chi connectivity index (χ2n) is 4.31. The molecule has 0 bridgehead atoms. The number of hydrogen-bond acceptors (Lipinski definition) is 3.